The molecule has 0 saturated heterocycles. The topological polar surface area (TPSA) is 59.3 Å². The van der Waals surface area contributed by atoms with Gasteiger partial charge < -0.3 is 19.7 Å². The average molecular weight is 213 g/mol. The van der Waals surface area contributed by atoms with E-state index in [2.05, 4.69) is 14.9 Å². The van der Waals surface area contributed by atoms with Crippen molar-refractivity contribution in [3.63, 3.8) is 0 Å². The molecule has 5 nitrogen and oxygen atoms in total. The minimum Gasteiger partial charge on any atom is -0.394 e. The maximum atomic E-state index is 8.46. The first-order valence-electron chi connectivity index (χ1n) is 5.28. The first-order chi connectivity index (χ1) is 7.43. The second-order valence-corrected chi connectivity index (χ2v) is 3.24. The Morgan fingerprint density at radius 1 is 1.33 bits per heavy atom. The zero-order valence-electron chi connectivity index (χ0n) is 8.93. The van der Waals surface area contributed by atoms with Crippen LogP contribution in [0, 0.1) is 0 Å². The van der Waals surface area contributed by atoms with Crippen LogP contribution in [0.3, 0.4) is 0 Å². The molecule has 5 heteroatoms. The number of aryl methyl sites for hydroxylation is 1. The lowest BCUT2D eigenvalue weighted by Gasteiger charge is -2.05. The summed E-state index contributed by atoms with van der Waals surface area (Å²) in [5, 5.41) is 11.7. The number of aliphatic hydroxyl groups excluding tert-OH is 1. The highest BCUT2D eigenvalue weighted by molar-refractivity contribution is 4.73. The van der Waals surface area contributed by atoms with Crippen molar-refractivity contribution in [2.75, 3.05) is 32.9 Å². The highest BCUT2D eigenvalue weighted by Gasteiger charge is 1.91. The summed E-state index contributed by atoms with van der Waals surface area (Å²) in [6.45, 7) is 3.98. The number of aliphatic hydroxyl groups is 1. The van der Waals surface area contributed by atoms with E-state index in [-0.39, 0.29) is 6.61 Å². The van der Waals surface area contributed by atoms with Crippen LogP contribution >= 0.6 is 0 Å². The van der Waals surface area contributed by atoms with Crippen molar-refractivity contribution in [2.24, 2.45) is 0 Å². The predicted molar refractivity (Wildman–Crippen MR) is 57.6 cm³/mol. The summed E-state index contributed by atoms with van der Waals surface area (Å²) < 4.78 is 7.17. The van der Waals surface area contributed by atoms with Crippen LogP contribution in [-0.2, 0) is 11.3 Å². The predicted octanol–water partition coefficient (Wildman–Crippen LogP) is -0.128. The Kier molecular flexibility index (Phi) is 6.81. The van der Waals surface area contributed by atoms with E-state index in [0.717, 1.165) is 26.1 Å². The monoisotopic (exact) mass is 213 g/mol. The van der Waals surface area contributed by atoms with Crippen LogP contribution in [0.25, 0.3) is 0 Å². The first-order valence-corrected chi connectivity index (χ1v) is 5.28. The van der Waals surface area contributed by atoms with Gasteiger partial charge in [0.25, 0.3) is 0 Å². The minimum atomic E-state index is 0.0978. The fourth-order valence-electron chi connectivity index (χ4n) is 1.24. The third-order valence-electron chi connectivity index (χ3n) is 1.99. The van der Waals surface area contributed by atoms with E-state index in [4.69, 9.17) is 9.84 Å². The lowest BCUT2D eigenvalue weighted by molar-refractivity contribution is 0.0939. The number of nitrogens with zero attached hydrogens (tertiary/aromatic N) is 2. The molecule has 0 saturated carbocycles. The molecule has 0 spiro atoms. The van der Waals surface area contributed by atoms with E-state index >= 15 is 0 Å². The fraction of sp³-hybridized carbons (Fsp3) is 0.700. The quantitative estimate of drug-likeness (QED) is 0.561. The SMILES string of the molecule is OCCOCCNCCCn1ccnc1. The van der Waals surface area contributed by atoms with Gasteiger partial charge in [-0.15, -0.1) is 0 Å². The summed E-state index contributed by atoms with van der Waals surface area (Å²) in [5.74, 6) is 0. The zero-order valence-corrected chi connectivity index (χ0v) is 8.93. The summed E-state index contributed by atoms with van der Waals surface area (Å²) >= 11 is 0. The van der Waals surface area contributed by atoms with Crippen molar-refractivity contribution >= 4 is 0 Å². The molecule has 1 heterocycles. The maximum absolute atomic E-state index is 8.46. The van der Waals surface area contributed by atoms with Gasteiger partial charge in [-0.2, -0.15) is 0 Å². The second kappa shape index (κ2) is 8.40. The van der Waals surface area contributed by atoms with Gasteiger partial charge in [-0.1, -0.05) is 0 Å². The Bertz CT molecular complexity index is 227. The minimum absolute atomic E-state index is 0.0978. The number of hydrogen-bond acceptors (Lipinski definition) is 4. The van der Waals surface area contributed by atoms with Gasteiger partial charge in [0.1, 0.15) is 0 Å². The van der Waals surface area contributed by atoms with Crippen molar-refractivity contribution in [3.05, 3.63) is 18.7 Å². The van der Waals surface area contributed by atoms with Gasteiger partial charge in [0.15, 0.2) is 0 Å². The molecule has 1 aromatic heterocycles. The van der Waals surface area contributed by atoms with E-state index in [1.54, 1.807) is 6.20 Å². The van der Waals surface area contributed by atoms with Crippen LogP contribution in [0.4, 0.5) is 0 Å². The number of hydrogen-bond donors (Lipinski definition) is 2. The Morgan fingerprint density at radius 2 is 2.27 bits per heavy atom. The molecule has 0 atom stereocenters. The first kappa shape index (κ1) is 12.2. The van der Waals surface area contributed by atoms with Gasteiger partial charge in [0.2, 0.25) is 0 Å². The van der Waals surface area contributed by atoms with Crippen LogP contribution < -0.4 is 5.32 Å². The van der Waals surface area contributed by atoms with Crippen LogP contribution in [0.1, 0.15) is 6.42 Å². The van der Waals surface area contributed by atoms with Crippen LogP contribution in [0.15, 0.2) is 18.7 Å². The van der Waals surface area contributed by atoms with Gasteiger partial charge in [-0.25, -0.2) is 4.98 Å². The van der Waals surface area contributed by atoms with E-state index in [9.17, 15) is 0 Å². The summed E-state index contributed by atoms with van der Waals surface area (Å²) in [7, 11) is 0. The van der Waals surface area contributed by atoms with Gasteiger partial charge in [0, 0.05) is 25.5 Å². The highest BCUT2D eigenvalue weighted by atomic mass is 16.5. The number of rotatable bonds is 9. The van der Waals surface area contributed by atoms with E-state index in [1.807, 2.05) is 12.5 Å². The molecule has 2 N–H and O–H groups in total. The number of imidazole rings is 1. The number of nitrogens with one attached hydrogen (secondary N) is 1. The third kappa shape index (κ3) is 6.22. The number of aromatic nitrogens is 2. The molecule has 0 aliphatic heterocycles. The Morgan fingerprint density at radius 3 is 3.00 bits per heavy atom. The largest absolute Gasteiger partial charge is 0.394 e. The van der Waals surface area contributed by atoms with Crippen molar-refractivity contribution < 1.29 is 9.84 Å². The molecule has 0 aliphatic carbocycles. The van der Waals surface area contributed by atoms with E-state index in [0.29, 0.717) is 13.2 Å². The second-order valence-electron chi connectivity index (χ2n) is 3.24. The van der Waals surface area contributed by atoms with Crippen molar-refractivity contribution in [1.82, 2.24) is 14.9 Å². The van der Waals surface area contributed by atoms with Gasteiger partial charge in [0.05, 0.1) is 26.1 Å². The lowest BCUT2D eigenvalue weighted by Crippen LogP contribution is -2.22. The summed E-state index contributed by atoms with van der Waals surface area (Å²) in [4.78, 5) is 3.97. The molecule has 0 unspecified atom stereocenters. The van der Waals surface area contributed by atoms with Crippen LogP contribution in [0.5, 0.6) is 0 Å². The molecule has 1 aromatic rings. The van der Waals surface area contributed by atoms with Gasteiger partial charge in [-0.3, -0.25) is 0 Å². The maximum Gasteiger partial charge on any atom is 0.0945 e. The summed E-state index contributed by atoms with van der Waals surface area (Å²) in [6.07, 6.45) is 6.65. The standard InChI is InChI=1S/C10H19N3O2/c14-7-9-15-8-4-11-2-1-5-13-6-3-12-10-13/h3,6,10-11,14H,1-2,4-5,7-9H2. The van der Waals surface area contributed by atoms with Crippen molar-refractivity contribution in [2.45, 2.75) is 13.0 Å². The Hall–Kier alpha value is -0.910. The molecular weight excluding hydrogens is 194 g/mol. The molecule has 0 amide bonds. The third-order valence-corrected chi connectivity index (χ3v) is 1.99. The van der Waals surface area contributed by atoms with E-state index < -0.39 is 0 Å². The highest BCUT2D eigenvalue weighted by Crippen LogP contribution is 1.88. The molecular formula is C10H19N3O2. The van der Waals surface area contributed by atoms with Crippen LogP contribution in [0.2, 0.25) is 0 Å². The normalized spacial score (nSPS) is 10.7. The lowest BCUT2D eigenvalue weighted by atomic mass is 10.4. The van der Waals surface area contributed by atoms with Crippen LogP contribution in [-0.4, -0.2) is 47.6 Å². The average Bonchev–Trinajstić information content (AvgIpc) is 2.75. The van der Waals surface area contributed by atoms with Crippen molar-refractivity contribution in [3.8, 4) is 0 Å². The fourth-order valence-corrected chi connectivity index (χ4v) is 1.24. The molecule has 86 valence electrons. The van der Waals surface area contributed by atoms with Gasteiger partial charge >= 0.3 is 0 Å². The molecule has 0 bridgehead atoms. The Balaban J connectivity index is 1.81. The molecule has 15 heavy (non-hydrogen) atoms. The zero-order chi connectivity index (χ0) is 10.8. The van der Waals surface area contributed by atoms with Crippen molar-refractivity contribution in [1.29, 1.82) is 0 Å². The smallest absolute Gasteiger partial charge is 0.0945 e. The molecule has 0 aliphatic rings. The molecule has 0 radical (unpaired) electrons. The summed E-state index contributed by atoms with van der Waals surface area (Å²) in [5.41, 5.74) is 0. The number of ether oxygens (including phenoxy) is 1. The summed E-state index contributed by atoms with van der Waals surface area (Å²) in [6, 6.07) is 0. The van der Waals surface area contributed by atoms with E-state index in [1.165, 1.54) is 0 Å². The van der Waals surface area contributed by atoms with Gasteiger partial charge in [-0.05, 0) is 13.0 Å². The Labute approximate surface area is 90.1 Å². The molecule has 0 fully saturated rings. The molecule has 0 aromatic carbocycles. The molecule has 1 rings (SSSR count).